The first-order valence-electron chi connectivity index (χ1n) is 4.34. The number of anilines is 1. The van der Waals surface area contributed by atoms with Gasteiger partial charge in [-0.3, -0.25) is 0 Å². The molecule has 2 rings (SSSR count). The minimum Gasteiger partial charge on any atom is -0.374 e. The summed E-state index contributed by atoms with van der Waals surface area (Å²) in [6.07, 6.45) is -4.65. The van der Waals surface area contributed by atoms with Gasteiger partial charge in [0, 0.05) is 0 Å². The molecule has 0 aliphatic heterocycles. The molecule has 0 saturated carbocycles. The molecule has 0 fully saturated rings. The van der Waals surface area contributed by atoms with Crippen molar-refractivity contribution in [3.8, 4) is 10.6 Å². The first kappa shape index (κ1) is 11.8. The Kier molecular flexibility index (Phi) is 2.74. The van der Waals surface area contributed by atoms with Gasteiger partial charge in [0.1, 0.15) is 5.82 Å². The van der Waals surface area contributed by atoms with Crippen molar-refractivity contribution >= 4 is 16.5 Å². The second-order valence-electron chi connectivity index (χ2n) is 3.11. The van der Waals surface area contributed by atoms with Gasteiger partial charge in [0.25, 0.3) is 0 Å². The molecule has 0 spiro atoms. The topological polar surface area (TPSA) is 51.8 Å². The van der Waals surface area contributed by atoms with E-state index in [0.29, 0.717) is 11.3 Å². The number of alkyl halides is 3. The third-order valence-electron chi connectivity index (χ3n) is 1.97. The van der Waals surface area contributed by atoms with E-state index < -0.39 is 23.1 Å². The fourth-order valence-corrected chi connectivity index (χ4v) is 1.98. The molecule has 0 radical (unpaired) electrons. The Morgan fingerprint density at radius 2 is 1.88 bits per heavy atom. The number of nitrogens with two attached hydrogens (primary N) is 1. The third-order valence-corrected chi connectivity index (χ3v) is 2.74. The maximum Gasteiger partial charge on any atom is 0.417 e. The average molecular weight is 263 g/mol. The normalized spacial score (nSPS) is 11.8. The van der Waals surface area contributed by atoms with Crippen molar-refractivity contribution in [1.82, 2.24) is 10.2 Å². The van der Waals surface area contributed by atoms with Crippen LogP contribution in [0.25, 0.3) is 10.6 Å². The fraction of sp³-hybridized carbons (Fsp3) is 0.111. The van der Waals surface area contributed by atoms with Gasteiger partial charge in [-0.15, -0.1) is 10.2 Å². The number of rotatable bonds is 1. The monoisotopic (exact) mass is 263 g/mol. The van der Waals surface area contributed by atoms with Gasteiger partial charge in [-0.2, -0.15) is 13.2 Å². The van der Waals surface area contributed by atoms with E-state index in [9.17, 15) is 17.6 Å². The molecule has 3 nitrogen and oxygen atoms in total. The van der Waals surface area contributed by atoms with E-state index in [1.807, 2.05) is 0 Å². The summed E-state index contributed by atoms with van der Waals surface area (Å²) in [5.74, 6) is -1.00. The Balaban J connectivity index is 2.67. The highest BCUT2D eigenvalue weighted by atomic mass is 32.1. The van der Waals surface area contributed by atoms with Crippen molar-refractivity contribution in [2.45, 2.75) is 6.18 Å². The first-order chi connectivity index (χ1) is 7.89. The average Bonchev–Trinajstić information content (AvgIpc) is 2.63. The van der Waals surface area contributed by atoms with E-state index in [4.69, 9.17) is 5.73 Å². The van der Waals surface area contributed by atoms with E-state index in [-0.39, 0.29) is 10.1 Å². The SMILES string of the molecule is Nc1nnc(-c2c(F)cccc2C(F)(F)F)s1. The lowest BCUT2D eigenvalue weighted by molar-refractivity contribution is -0.137. The molecule has 0 aliphatic carbocycles. The Hall–Kier alpha value is -1.70. The second-order valence-corrected chi connectivity index (χ2v) is 4.11. The Morgan fingerprint density at radius 1 is 1.18 bits per heavy atom. The highest BCUT2D eigenvalue weighted by Crippen LogP contribution is 2.39. The molecule has 1 aromatic carbocycles. The maximum absolute atomic E-state index is 13.5. The van der Waals surface area contributed by atoms with Gasteiger partial charge in [0.05, 0.1) is 11.1 Å². The molecule has 0 aliphatic rings. The van der Waals surface area contributed by atoms with Crippen LogP contribution in [0, 0.1) is 5.82 Å². The summed E-state index contributed by atoms with van der Waals surface area (Å²) in [5.41, 5.74) is 3.56. The highest BCUT2D eigenvalue weighted by molar-refractivity contribution is 7.18. The predicted molar refractivity (Wildman–Crippen MR) is 54.7 cm³/mol. The molecule has 90 valence electrons. The van der Waals surface area contributed by atoms with Crippen molar-refractivity contribution in [2.24, 2.45) is 0 Å². The zero-order valence-corrected chi connectivity index (χ0v) is 8.94. The summed E-state index contributed by atoms with van der Waals surface area (Å²) in [4.78, 5) is 0. The van der Waals surface area contributed by atoms with Crippen molar-refractivity contribution in [3.05, 3.63) is 29.6 Å². The molecular formula is C9H5F4N3S. The highest BCUT2D eigenvalue weighted by Gasteiger charge is 2.35. The van der Waals surface area contributed by atoms with Gasteiger partial charge in [-0.25, -0.2) is 4.39 Å². The van der Waals surface area contributed by atoms with Gasteiger partial charge in [0.2, 0.25) is 5.13 Å². The number of aromatic nitrogens is 2. The van der Waals surface area contributed by atoms with Crippen LogP contribution in [0.15, 0.2) is 18.2 Å². The smallest absolute Gasteiger partial charge is 0.374 e. The van der Waals surface area contributed by atoms with Crippen LogP contribution >= 0.6 is 11.3 Å². The summed E-state index contributed by atoms with van der Waals surface area (Å²) in [6, 6.07) is 2.71. The van der Waals surface area contributed by atoms with Crippen molar-refractivity contribution in [2.75, 3.05) is 5.73 Å². The standard InChI is InChI=1S/C9H5F4N3S/c10-5-3-1-2-4(9(11,12)13)6(5)7-15-16-8(14)17-7/h1-3H,(H2,14,16). The summed E-state index contributed by atoms with van der Waals surface area (Å²) in [7, 11) is 0. The molecule has 0 amide bonds. The molecule has 1 heterocycles. The number of benzene rings is 1. The third kappa shape index (κ3) is 2.21. The Labute approximate surface area is 96.9 Å². The number of nitrogens with zero attached hydrogens (tertiary/aromatic N) is 2. The number of halogens is 4. The second kappa shape index (κ2) is 3.95. The number of hydrogen-bond acceptors (Lipinski definition) is 4. The summed E-state index contributed by atoms with van der Waals surface area (Å²) < 4.78 is 51.5. The molecule has 1 aromatic heterocycles. The van der Waals surface area contributed by atoms with Crippen LogP contribution in [0.4, 0.5) is 22.7 Å². The van der Waals surface area contributed by atoms with Gasteiger partial charge >= 0.3 is 6.18 Å². The summed E-state index contributed by atoms with van der Waals surface area (Å²) >= 11 is 0.701. The fourth-order valence-electron chi connectivity index (χ4n) is 1.31. The molecule has 2 aromatic rings. The minimum absolute atomic E-state index is 0.0172. The van der Waals surface area contributed by atoms with Gasteiger partial charge in [0.15, 0.2) is 5.01 Å². The summed E-state index contributed by atoms with van der Waals surface area (Å²) in [6.45, 7) is 0. The van der Waals surface area contributed by atoms with E-state index in [0.717, 1.165) is 18.2 Å². The predicted octanol–water partition coefficient (Wildman–Crippen LogP) is 2.95. The first-order valence-corrected chi connectivity index (χ1v) is 5.16. The number of nitrogen functional groups attached to an aromatic ring is 1. The van der Waals surface area contributed by atoms with E-state index in [2.05, 4.69) is 10.2 Å². The van der Waals surface area contributed by atoms with Crippen LogP contribution in [0.3, 0.4) is 0 Å². The lowest BCUT2D eigenvalue weighted by atomic mass is 10.1. The zero-order chi connectivity index (χ0) is 12.6. The number of hydrogen-bond donors (Lipinski definition) is 1. The molecule has 0 saturated heterocycles. The van der Waals surface area contributed by atoms with Crippen LogP contribution in [0.1, 0.15) is 5.56 Å². The minimum atomic E-state index is -4.65. The van der Waals surface area contributed by atoms with Gasteiger partial charge in [-0.05, 0) is 12.1 Å². The zero-order valence-electron chi connectivity index (χ0n) is 8.12. The van der Waals surface area contributed by atoms with Gasteiger partial charge in [-0.1, -0.05) is 17.4 Å². The maximum atomic E-state index is 13.5. The lowest BCUT2D eigenvalue weighted by Gasteiger charge is -2.10. The van der Waals surface area contributed by atoms with Crippen LogP contribution < -0.4 is 5.73 Å². The molecular weight excluding hydrogens is 258 g/mol. The van der Waals surface area contributed by atoms with Crippen LogP contribution in [0.5, 0.6) is 0 Å². The molecule has 0 bridgehead atoms. The van der Waals surface area contributed by atoms with E-state index in [1.54, 1.807) is 0 Å². The van der Waals surface area contributed by atoms with Crippen molar-refractivity contribution < 1.29 is 17.6 Å². The molecule has 8 heteroatoms. The van der Waals surface area contributed by atoms with Crippen LogP contribution in [0.2, 0.25) is 0 Å². The molecule has 17 heavy (non-hydrogen) atoms. The van der Waals surface area contributed by atoms with Gasteiger partial charge < -0.3 is 5.73 Å². The molecule has 2 N–H and O–H groups in total. The largest absolute Gasteiger partial charge is 0.417 e. The lowest BCUT2D eigenvalue weighted by Crippen LogP contribution is -2.08. The van der Waals surface area contributed by atoms with Crippen molar-refractivity contribution in [1.29, 1.82) is 0 Å². The Morgan fingerprint density at radius 3 is 2.41 bits per heavy atom. The van der Waals surface area contributed by atoms with Crippen LogP contribution in [-0.2, 0) is 6.18 Å². The Bertz CT molecular complexity index is 549. The molecule has 0 atom stereocenters. The van der Waals surface area contributed by atoms with E-state index >= 15 is 0 Å². The van der Waals surface area contributed by atoms with E-state index in [1.165, 1.54) is 0 Å². The molecule has 0 unspecified atom stereocenters. The summed E-state index contributed by atoms with van der Waals surface area (Å²) in [5, 5.41) is 6.59. The van der Waals surface area contributed by atoms with Crippen molar-refractivity contribution in [3.63, 3.8) is 0 Å². The van der Waals surface area contributed by atoms with Crippen LogP contribution in [-0.4, -0.2) is 10.2 Å². The quantitative estimate of drug-likeness (QED) is 0.805.